The van der Waals surface area contributed by atoms with E-state index in [9.17, 15) is 14.9 Å². The summed E-state index contributed by atoms with van der Waals surface area (Å²) < 4.78 is 11.3. The molecule has 0 spiro atoms. The molecule has 31 heavy (non-hydrogen) atoms. The van der Waals surface area contributed by atoms with Crippen LogP contribution < -0.4 is 14.5 Å². The van der Waals surface area contributed by atoms with Crippen molar-refractivity contribution in [3.8, 4) is 11.5 Å². The van der Waals surface area contributed by atoms with Crippen LogP contribution in [0.25, 0.3) is 0 Å². The van der Waals surface area contributed by atoms with Crippen molar-refractivity contribution < 1.29 is 19.2 Å². The summed E-state index contributed by atoms with van der Waals surface area (Å²) in [5.41, 5.74) is 0.145. The molecular formula is C23H31N3O5. The highest BCUT2D eigenvalue weighted by molar-refractivity contribution is 5.90. The van der Waals surface area contributed by atoms with Gasteiger partial charge in [0.25, 0.3) is 5.69 Å². The minimum absolute atomic E-state index is 0.0878. The molecule has 2 aromatic carbocycles. The fourth-order valence-electron chi connectivity index (χ4n) is 2.99. The van der Waals surface area contributed by atoms with Gasteiger partial charge in [-0.05, 0) is 44.9 Å². The van der Waals surface area contributed by atoms with E-state index in [-0.39, 0.29) is 11.4 Å². The Morgan fingerprint density at radius 1 is 1.10 bits per heavy atom. The molecule has 2 rings (SSSR count). The first-order chi connectivity index (χ1) is 14.4. The van der Waals surface area contributed by atoms with Gasteiger partial charge in [-0.3, -0.25) is 15.0 Å². The van der Waals surface area contributed by atoms with E-state index in [0.717, 1.165) is 17.1 Å². The monoisotopic (exact) mass is 429 g/mol. The summed E-state index contributed by atoms with van der Waals surface area (Å²) in [4.78, 5) is 26.6. The number of hydrogen-bond acceptors (Lipinski definition) is 6. The predicted octanol–water partition coefficient (Wildman–Crippen LogP) is 5.85. The second-order valence-electron chi connectivity index (χ2n) is 8.82. The second kappa shape index (κ2) is 9.68. The lowest BCUT2D eigenvalue weighted by atomic mass is 10.2. The fraction of sp³-hybridized carbons (Fsp3) is 0.435. The number of ether oxygens (including phenoxy) is 2. The molecule has 0 heterocycles. The van der Waals surface area contributed by atoms with E-state index < -0.39 is 16.6 Å². The Morgan fingerprint density at radius 2 is 1.74 bits per heavy atom. The number of hydrogen-bond donors (Lipinski definition) is 0. The largest absolute Gasteiger partial charge is 0.457 e. The van der Waals surface area contributed by atoms with Crippen molar-refractivity contribution in [3.05, 3.63) is 52.6 Å². The van der Waals surface area contributed by atoms with Gasteiger partial charge in [-0.1, -0.05) is 19.9 Å². The first kappa shape index (κ1) is 24.0. The highest BCUT2D eigenvalue weighted by Gasteiger charge is 2.26. The third-order valence-electron chi connectivity index (χ3n) is 4.31. The zero-order valence-electron chi connectivity index (χ0n) is 19.2. The van der Waals surface area contributed by atoms with Gasteiger partial charge in [0.2, 0.25) is 0 Å². The molecule has 0 saturated carbocycles. The zero-order chi connectivity index (χ0) is 23.3. The Bertz CT molecular complexity index is 937. The van der Waals surface area contributed by atoms with Crippen molar-refractivity contribution in [1.29, 1.82) is 0 Å². The number of nitro groups is 1. The molecule has 0 bridgehead atoms. The van der Waals surface area contributed by atoms with Crippen molar-refractivity contribution in [2.24, 2.45) is 5.92 Å². The van der Waals surface area contributed by atoms with Gasteiger partial charge in [-0.25, -0.2) is 4.79 Å². The van der Waals surface area contributed by atoms with Crippen LogP contribution in [0.1, 0.15) is 34.6 Å². The van der Waals surface area contributed by atoms with Crippen LogP contribution in [-0.2, 0) is 4.74 Å². The van der Waals surface area contributed by atoms with Gasteiger partial charge in [-0.2, -0.15) is 0 Å². The molecule has 0 aromatic heterocycles. The summed E-state index contributed by atoms with van der Waals surface area (Å²) >= 11 is 0. The van der Waals surface area contributed by atoms with Crippen molar-refractivity contribution in [1.82, 2.24) is 0 Å². The van der Waals surface area contributed by atoms with Gasteiger partial charge in [-0.15, -0.1) is 0 Å². The molecule has 0 atom stereocenters. The molecule has 0 aliphatic carbocycles. The SMILES string of the molecule is CC(C)CN(C)c1cccc(Oc2ccc([N+](=O)[O-])c(N(C)C(=O)OC(C)(C)C)c2)c1. The molecule has 0 radical (unpaired) electrons. The van der Waals surface area contributed by atoms with E-state index in [4.69, 9.17) is 9.47 Å². The van der Waals surface area contributed by atoms with Crippen molar-refractivity contribution in [2.75, 3.05) is 30.4 Å². The number of nitro benzene ring substituents is 1. The quantitative estimate of drug-likeness (QED) is 0.405. The number of carbonyl (C=O) groups excluding carboxylic acids is 1. The standard InChI is InChI=1S/C23H31N3O5/c1-16(2)15-24(6)17-9-8-10-18(13-17)30-19-11-12-20(26(28)29)21(14-19)25(7)22(27)31-23(3,4)5/h8-14,16H,15H2,1-7H3. The van der Waals surface area contributed by atoms with E-state index in [1.165, 1.54) is 25.2 Å². The molecule has 8 heteroatoms. The molecule has 0 unspecified atom stereocenters. The van der Waals surface area contributed by atoms with Gasteiger partial charge in [0.05, 0.1) is 4.92 Å². The summed E-state index contributed by atoms with van der Waals surface area (Å²) in [6.45, 7) is 10.4. The van der Waals surface area contributed by atoms with Crippen LogP contribution >= 0.6 is 0 Å². The lowest BCUT2D eigenvalue weighted by Crippen LogP contribution is -2.34. The molecule has 2 aromatic rings. The van der Waals surface area contributed by atoms with Crippen molar-refractivity contribution >= 4 is 23.2 Å². The molecular weight excluding hydrogens is 398 g/mol. The van der Waals surface area contributed by atoms with Crippen LogP contribution in [0.15, 0.2) is 42.5 Å². The van der Waals surface area contributed by atoms with Crippen LogP contribution in [0.3, 0.4) is 0 Å². The maximum Gasteiger partial charge on any atom is 0.414 e. The number of carbonyl (C=O) groups is 1. The Hall–Kier alpha value is -3.29. The molecule has 1 amide bonds. The molecule has 0 aliphatic rings. The minimum atomic E-state index is -0.726. The first-order valence-electron chi connectivity index (χ1n) is 10.1. The molecule has 168 valence electrons. The van der Waals surface area contributed by atoms with Crippen LogP contribution in [-0.4, -0.2) is 37.3 Å². The maximum atomic E-state index is 12.4. The number of benzene rings is 2. The molecule has 0 fully saturated rings. The first-order valence-corrected chi connectivity index (χ1v) is 10.1. The lowest BCUT2D eigenvalue weighted by molar-refractivity contribution is -0.384. The summed E-state index contributed by atoms with van der Waals surface area (Å²) in [6, 6.07) is 11.9. The molecule has 8 nitrogen and oxygen atoms in total. The minimum Gasteiger partial charge on any atom is -0.457 e. The lowest BCUT2D eigenvalue weighted by Gasteiger charge is -2.24. The van der Waals surface area contributed by atoms with Crippen molar-refractivity contribution in [2.45, 2.75) is 40.2 Å². The van der Waals surface area contributed by atoms with Gasteiger partial charge in [0, 0.05) is 44.5 Å². The zero-order valence-corrected chi connectivity index (χ0v) is 19.2. The molecule has 0 saturated heterocycles. The molecule has 0 aliphatic heterocycles. The maximum absolute atomic E-state index is 12.4. The second-order valence-corrected chi connectivity index (χ2v) is 8.82. The van der Waals surface area contributed by atoms with E-state index in [2.05, 4.69) is 18.7 Å². The Balaban J connectivity index is 2.32. The normalized spacial score (nSPS) is 11.2. The third kappa shape index (κ3) is 6.87. The average molecular weight is 430 g/mol. The van der Waals surface area contributed by atoms with Crippen LogP contribution in [0.4, 0.5) is 21.9 Å². The summed E-state index contributed by atoms with van der Waals surface area (Å²) in [6.07, 6.45) is -0.690. The van der Waals surface area contributed by atoms with Gasteiger partial charge < -0.3 is 14.4 Å². The van der Waals surface area contributed by atoms with Gasteiger partial charge in [0.15, 0.2) is 0 Å². The third-order valence-corrected chi connectivity index (χ3v) is 4.31. The van der Waals surface area contributed by atoms with E-state index >= 15 is 0 Å². The number of rotatable bonds is 7. The van der Waals surface area contributed by atoms with Gasteiger partial charge in [0.1, 0.15) is 22.8 Å². The summed E-state index contributed by atoms with van der Waals surface area (Å²) in [5, 5.41) is 11.5. The van der Waals surface area contributed by atoms with Crippen LogP contribution in [0.2, 0.25) is 0 Å². The highest BCUT2D eigenvalue weighted by atomic mass is 16.6. The number of amides is 1. The number of nitrogens with zero attached hydrogens (tertiary/aromatic N) is 3. The van der Waals surface area contributed by atoms with E-state index in [0.29, 0.717) is 17.4 Å². The summed E-state index contributed by atoms with van der Waals surface area (Å²) in [7, 11) is 3.45. The van der Waals surface area contributed by atoms with E-state index in [1.54, 1.807) is 20.8 Å². The van der Waals surface area contributed by atoms with E-state index in [1.807, 2.05) is 31.3 Å². The fourth-order valence-corrected chi connectivity index (χ4v) is 2.99. The Morgan fingerprint density at radius 3 is 2.32 bits per heavy atom. The highest BCUT2D eigenvalue weighted by Crippen LogP contribution is 2.35. The number of anilines is 2. The Kier molecular flexibility index (Phi) is 7.49. The Labute approximate surface area is 183 Å². The average Bonchev–Trinajstić information content (AvgIpc) is 2.65. The predicted molar refractivity (Wildman–Crippen MR) is 122 cm³/mol. The smallest absolute Gasteiger partial charge is 0.414 e. The molecule has 0 N–H and O–H groups in total. The summed E-state index contributed by atoms with van der Waals surface area (Å²) in [5.74, 6) is 1.47. The van der Waals surface area contributed by atoms with Crippen LogP contribution in [0, 0.1) is 16.0 Å². The van der Waals surface area contributed by atoms with Crippen LogP contribution in [0.5, 0.6) is 11.5 Å². The topological polar surface area (TPSA) is 85.2 Å². The van der Waals surface area contributed by atoms with Crippen molar-refractivity contribution in [3.63, 3.8) is 0 Å². The van der Waals surface area contributed by atoms with Gasteiger partial charge >= 0.3 is 6.09 Å².